The van der Waals surface area contributed by atoms with Crippen LogP contribution in [-0.4, -0.2) is 41.7 Å². The van der Waals surface area contributed by atoms with Crippen molar-refractivity contribution >= 4 is 11.8 Å². The Morgan fingerprint density at radius 2 is 1.70 bits per heavy atom. The van der Waals surface area contributed by atoms with Crippen LogP contribution in [0.2, 0.25) is 0 Å². The molecule has 3 aromatic carbocycles. The number of nitrogens with one attached hydrogen (secondary N) is 1. The van der Waals surface area contributed by atoms with Crippen LogP contribution in [0.1, 0.15) is 43.9 Å². The lowest BCUT2D eigenvalue weighted by molar-refractivity contribution is -0.129. The Morgan fingerprint density at radius 1 is 1.05 bits per heavy atom. The zero-order chi connectivity index (χ0) is 26.3. The number of carbonyl (C=O) groups excluding carboxylic acids is 1. The van der Waals surface area contributed by atoms with Gasteiger partial charge in [0.05, 0.1) is 6.61 Å². The molecule has 1 aliphatic heterocycles. The summed E-state index contributed by atoms with van der Waals surface area (Å²) in [6, 6.07) is 25.6. The molecule has 0 unspecified atom stereocenters. The highest BCUT2D eigenvalue weighted by Gasteiger charge is 2.52. The van der Waals surface area contributed by atoms with E-state index in [-0.39, 0.29) is 18.6 Å². The zero-order valence-electron chi connectivity index (χ0n) is 21.4. The van der Waals surface area contributed by atoms with Crippen molar-refractivity contribution in [2.45, 2.75) is 44.4 Å². The fraction of sp³-hybridized carbons (Fsp3) is 0.290. The molecule has 1 amide bonds. The normalized spacial score (nSPS) is 18.7. The second-order valence-corrected chi connectivity index (χ2v) is 9.40. The van der Waals surface area contributed by atoms with Crippen LogP contribution < -0.4 is 10.1 Å². The van der Waals surface area contributed by atoms with Gasteiger partial charge in [-0.1, -0.05) is 60.7 Å². The molecule has 0 bridgehead atoms. The van der Waals surface area contributed by atoms with E-state index < -0.39 is 11.6 Å². The number of hydrogen-bond acceptors (Lipinski definition) is 5. The third-order valence-corrected chi connectivity index (χ3v) is 6.23. The second kappa shape index (κ2) is 11.9. The van der Waals surface area contributed by atoms with Crippen molar-refractivity contribution < 1.29 is 19.4 Å². The Hall–Kier alpha value is -3.90. The Morgan fingerprint density at radius 3 is 2.32 bits per heavy atom. The molecule has 6 heteroatoms. The molecule has 0 fully saturated rings. The number of nitrogens with zero attached hydrogens (tertiary/aromatic N) is 1. The van der Waals surface area contributed by atoms with E-state index in [1.165, 1.54) is 0 Å². The monoisotopic (exact) mass is 498 g/mol. The first-order valence-electron chi connectivity index (χ1n) is 12.6. The molecule has 0 saturated heterocycles. The Bertz CT molecular complexity index is 1220. The van der Waals surface area contributed by atoms with Gasteiger partial charge < -0.3 is 19.9 Å². The number of aliphatic hydroxyl groups excluding tert-OH is 1. The number of carbonyl (C=O) groups is 1. The molecule has 0 aromatic heterocycles. The van der Waals surface area contributed by atoms with Crippen LogP contribution in [0, 0.1) is 0 Å². The highest BCUT2D eigenvalue weighted by atomic mass is 16.5. The lowest BCUT2D eigenvalue weighted by Crippen LogP contribution is -2.50. The number of amides is 1. The molecule has 0 spiro atoms. The molecule has 1 aliphatic rings. The maximum atomic E-state index is 13.6. The number of rotatable bonds is 11. The van der Waals surface area contributed by atoms with Crippen molar-refractivity contribution in [1.82, 2.24) is 5.32 Å². The van der Waals surface area contributed by atoms with Gasteiger partial charge in [0.25, 0.3) is 5.91 Å². The predicted octanol–water partition coefficient (Wildman–Crippen LogP) is 5.47. The first-order valence-corrected chi connectivity index (χ1v) is 12.6. The Balaban J connectivity index is 1.68. The van der Waals surface area contributed by atoms with Gasteiger partial charge in [-0.2, -0.15) is 0 Å². The minimum atomic E-state index is -1.19. The van der Waals surface area contributed by atoms with Crippen molar-refractivity contribution in [3.05, 3.63) is 103 Å². The van der Waals surface area contributed by atoms with Crippen molar-refractivity contribution in [2.75, 3.05) is 13.2 Å². The summed E-state index contributed by atoms with van der Waals surface area (Å²) in [7, 11) is 0. The molecular formula is C31H34N2O4. The van der Waals surface area contributed by atoms with E-state index in [0.29, 0.717) is 31.1 Å². The smallest absolute Gasteiger partial charge is 0.252 e. The van der Waals surface area contributed by atoms with E-state index in [4.69, 9.17) is 19.6 Å². The van der Waals surface area contributed by atoms with E-state index in [0.717, 1.165) is 22.3 Å². The molecule has 3 aromatic rings. The summed E-state index contributed by atoms with van der Waals surface area (Å²) in [6.45, 7) is 8.30. The van der Waals surface area contributed by atoms with Crippen molar-refractivity contribution in [3.8, 4) is 16.9 Å². The Labute approximate surface area is 218 Å². The van der Waals surface area contributed by atoms with Crippen molar-refractivity contribution in [2.24, 2.45) is 4.99 Å². The van der Waals surface area contributed by atoms with Crippen molar-refractivity contribution in [3.63, 3.8) is 0 Å². The number of aliphatic hydroxyl groups is 1. The van der Waals surface area contributed by atoms with Crippen LogP contribution in [0.15, 0.2) is 96.5 Å². The first kappa shape index (κ1) is 26.2. The third-order valence-electron chi connectivity index (χ3n) is 6.23. The molecule has 0 aliphatic carbocycles. The van der Waals surface area contributed by atoms with E-state index in [2.05, 4.69) is 24.0 Å². The van der Waals surface area contributed by atoms with Gasteiger partial charge in [-0.05, 0) is 54.8 Å². The van der Waals surface area contributed by atoms with Crippen LogP contribution in [-0.2, 0) is 9.53 Å². The molecule has 0 saturated carbocycles. The number of ether oxygens (including phenoxy) is 2. The predicted molar refractivity (Wildman–Crippen MR) is 147 cm³/mol. The van der Waals surface area contributed by atoms with Gasteiger partial charge in [0.2, 0.25) is 5.90 Å². The van der Waals surface area contributed by atoms with Gasteiger partial charge in [-0.25, -0.2) is 4.99 Å². The van der Waals surface area contributed by atoms with Gasteiger partial charge in [-0.15, -0.1) is 6.58 Å². The minimum absolute atomic E-state index is 0.0510. The second-order valence-electron chi connectivity index (χ2n) is 9.40. The SMILES string of the molecule is C=CC[C@@]1(C(=O)NC(C)C)N=C(c2ccc(OCCCO)cc2)O[C@@H]1c1ccc(-c2ccccc2)cc1. The molecule has 37 heavy (non-hydrogen) atoms. The van der Waals surface area contributed by atoms with E-state index >= 15 is 0 Å². The summed E-state index contributed by atoms with van der Waals surface area (Å²) in [5.41, 5.74) is 2.63. The van der Waals surface area contributed by atoms with E-state index in [1.54, 1.807) is 6.08 Å². The van der Waals surface area contributed by atoms with Gasteiger partial charge in [0, 0.05) is 31.1 Å². The first-order chi connectivity index (χ1) is 18.0. The summed E-state index contributed by atoms with van der Waals surface area (Å²) in [6.07, 6.45) is 1.99. The summed E-state index contributed by atoms with van der Waals surface area (Å²) >= 11 is 0. The quantitative estimate of drug-likeness (QED) is 0.271. The Kier molecular flexibility index (Phi) is 8.41. The summed E-state index contributed by atoms with van der Waals surface area (Å²) in [5, 5.41) is 12.0. The summed E-state index contributed by atoms with van der Waals surface area (Å²) < 4.78 is 12.1. The molecule has 0 radical (unpaired) electrons. The van der Waals surface area contributed by atoms with Crippen LogP contribution in [0.4, 0.5) is 0 Å². The topological polar surface area (TPSA) is 80.2 Å². The molecule has 2 N–H and O–H groups in total. The largest absolute Gasteiger partial charge is 0.494 e. The highest BCUT2D eigenvalue weighted by Crippen LogP contribution is 2.43. The van der Waals surface area contributed by atoms with Crippen LogP contribution in [0.3, 0.4) is 0 Å². The van der Waals surface area contributed by atoms with Crippen LogP contribution >= 0.6 is 0 Å². The van der Waals surface area contributed by atoms with E-state index in [1.807, 2.05) is 80.6 Å². The molecule has 4 rings (SSSR count). The fourth-order valence-corrected chi connectivity index (χ4v) is 4.40. The average Bonchev–Trinajstić information content (AvgIpc) is 3.30. The third kappa shape index (κ3) is 5.92. The van der Waals surface area contributed by atoms with Gasteiger partial charge in [0.1, 0.15) is 5.75 Å². The van der Waals surface area contributed by atoms with Crippen LogP contribution in [0.5, 0.6) is 5.75 Å². The highest BCUT2D eigenvalue weighted by molar-refractivity contribution is 6.01. The number of benzene rings is 3. The standard InChI is InChI=1S/C31H34N2O4/c1-4-19-31(30(35)32-22(2)3)28(25-13-11-24(12-14-25)23-9-6-5-7-10-23)37-29(33-31)26-15-17-27(18-16-26)36-21-8-20-34/h4-7,9-18,22,28,34H,1,8,19-21H2,2-3H3,(H,32,35)/t28-,31-/m1/s1. The molecule has 2 atom stereocenters. The molecule has 1 heterocycles. The molecule has 6 nitrogen and oxygen atoms in total. The fourth-order valence-electron chi connectivity index (χ4n) is 4.40. The van der Waals surface area contributed by atoms with Gasteiger partial charge in [0.15, 0.2) is 11.6 Å². The summed E-state index contributed by atoms with van der Waals surface area (Å²) in [5.74, 6) is 0.900. The van der Waals surface area contributed by atoms with Crippen molar-refractivity contribution in [1.29, 1.82) is 0 Å². The minimum Gasteiger partial charge on any atom is -0.494 e. The average molecular weight is 499 g/mol. The van der Waals surface area contributed by atoms with E-state index in [9.17, 15) is 4.79 Å². The summed E-state index contributed by atoms with van der Waals surface area (Å²) in [4.78, 5) is 18.5. The molecule has 192 valence electrons. The van der Waals surface area contributed by atoms with Gasteiger partial charge in [-0.3, -0.25) is 4.79 Å². The van der Waals surface area contributed by atoms with Gasteiger partial charge >= 0.3 is 0 Å². The molecular weight excluding hydrogens is 464 g/mol. The lowest BCUT2D eigenvalue weighted by atomic mass is 9.84. The number of aliphatic imine (C=N–C) groups is 1. The zero-order valence-corrected chi connectivity index (χ0v) is 21.4. The number of hydrogen-bond donors (Lipinski definition) is 2. The van der Waals surface area contributed by atoms with Crippen LogP contribution in [0.25, 0.3) is 11.1 Å². The maximum Gasteiger partial charge on any atom is 0.252 e. The lowest BCUT2D eigenvalue weighted by Gasteiger charge is -2.30. The maximum absolute atomic E-state index is 13.6.